The lowest BCUT2D eigenvalue weighted by molar-refractivity contribution is -0.143. The number of urea groups is 1. The first-order valence-electron chi connectivity index (χ1n) is 6.07. The van der Waals surface area contributed by atoms with Gasteiger partial charge in [-0.05, 0) is 48.0 Å². The smallest absolute Gasteiger partial charge is 0.331 e. The highest BCUT2D eigenvalue weighted by atomic mass is 79.9. The summed E-state index contributed by atoms with van der Waals surface area (Å²) in [4.78, 5) is 34.8. The minimum absolute atomic E-state index is 0.0894. The van der Waals surface area contributed by atoms with Gasteiger partial charge >= 0.3 is 12.0 Å². The third-order valence-electron chi connectivity index (χ3n) is 2.00. The molecular formula is C13H15BrN2O4S. The fraction of sp³-hybridized carbons (Fsp3) is 0.308. The Bertz CT molecular complexity index is 554. The number of carbonyl (C=O) groups is 3. The number of imide groups is 1. The largest absolute Gasteiger partial charge is 0.452 e. The molecule has 6 nitrogen and oxygen atoms in total. The van der Waals surface area contributed by atoms with E-state index >= 15 is 0 Å². The molecule has 1 rings (SSSR count). The monoisotopic (exact) mass is 374 g/mol. The third kappa shape index (κ3) is 7.62. The number of halogens is 1. The van der Waals surface area contributed by atoms with Gasteiger partial charge < -0.3 is 10.1 Å². The normalized spacial score (nSPS) is 10.7. The zero-order chi connectivity index (χ0) is 15.8. The van der Waals surface area contributed by atoms with Crippen LogP contribution in [0.15, 0.2) is 22.0 Å². The van der Waals surface area contributed by atoms with E-state index in [1.807, 2.05) is 17.4 Å². The van der Waals surface area contributed by atoms with Gasteiger partial charge in [0.15, 0.2) is 6.61 Å². The van der Waals surface area contributed by atoms with Crippen molar-refractivity contribution in [3.05, 3.63) is 26.9 Å². The minimum atomic E-state index is -0.686. The number of hydrogen-bond acceptors (Lipinski definition) is 5. The van der Waals surface area contributed by atoms with Crippen LogP contribution in [-0.4, -0.2) is 30.6 Å². The molecular weight excluding hydrogens is 360 g/mol. The number of carbonyl (C=O) groups excluding carboxylic acids is 3. The second-order valence-electron chi connectivity index (χ2n) is 4.26. The van der Waals surface area contributed by atoms with Gasteiger partial charge in [-0.15, -0.1) is 11.3 Å². The number of ether oxygens (including phenoxy) is 1. The van der Waals surface area contributed by atoms with E-state index in [9.17, 15) is 14.4 Å². The van der Waals surface area contributed by atoms with E-state index in [2.05, 4.69) is 21.2 Å². The number of rotatable bonds is 5. The summed E-state index contributed by atoms with van der Waals surface area (Å²) in [6.07, 6.45) is 2.81. The summed E-state index contributed by atoms with van der Waals surface area (Å²) in [7, 11) is 0. The van der Waals surface area contributed by atoms with E-state index in [1.165, 1.54) is 17.4 Å². The lowest BCUT2D eigenvalue weighted by Gasteiger charge is -2.08. The molecule has 1 aromatic heterocycles. The van der Waals surface area contributed by atoms with Gasteiger partial charge in [-0.25, -0.2) is 9.59 Å². The molecule has 0 aromatic carbocycles. The summed E-state index contributed by atoms with van der Waals surface area (Å²) in [5.74, 6) is -1.34. The third-order valence-corrected chi connectivity index (χ3v) is 3.58. The summed E-state index contributed by atoms with van der Waals surface area (Å²) >= 11 is 4.76. The van der Waals surface area contributed by atoms with Crippen LogP contribution in [0.5, 0.6) is 0 Å². The van der Waals surface area contributed by atoms with Gasteiger partial charge in [0.1, 0.15) is 0 Å². The quantitative estimate of drug-likeness (QED) is 0.611. The Kier molecular flexibility index (Phi) is 7.10. The van der Waals surface area contributed by atoms with Crippen molar-refractivity contribution in [2.24, 2.45) is 0 Å². The highest BCUT2D eigenvalue weighted by Gasteiger charge is 2.10. The topological polar surface area (TPSA) is 84.5 Å². The maximum atomic E-state index is 11.4. The molecule has 0 fully saturated rings. The maximum absolute atomic E-state index is 11.4. The molecule has 0 saturated carbocycles. The Hall–Kier alpha value is -1.67. The summed E-state index contributed by atoms with van der Waals surface area (Å²) in [6.45, 7) is 3.01. The van der Waals surface area contributed by atoms with Gasteiger partial charge in [-0.1, -0.05) is 0 Å². The summed E-state index contributed by atoms with van der Waals surface area (Å²) in [5.41, 5.74) is 0. The van der Waals surface area contributed by atoms with Crippen molar-refractivity contribution < 1.29 is 19.1 Å². The Morgan fingerprint density at radius 2 is 2.10 bits per heavy atom. The van der Waals surface area contributed by atoms with Crippen molar-refractivity contribution in [3.63, 3.8) is 0 Å². The zero-order valence-corrected chi connectivity index (χ0v) is 13.9. The number of esters is 1. The van der Waals surface area contributed by atoms with Gasteiger partial charge in [0.25, 0.3) is 5.91 Å². The number of amides is 3. The van der Waals surface area contributed by atoms with Crippen LogP contribution in [0.25, 0.3) is 6.08 Å². The van der Waals surface area contributed by atoms with Crippen molar-refractivity contribution in [1.29, 1.82) is 0 Å². The lowest BCUT2D eigenvalue weighted by Crippen LogP contribution is -2.43. The van der Waals surface area contributed by atoms with E-state index in [0.717, 1.165) is 8.66 Å². The summed E-state index contributed by atoms with van der Waals surface area (Å²) in [6, 6.07) is 2.98. The van der Waals surface area contributed by atoms with Gasteiger partial charge in [-0.2, -0.15) is 0 Å². The van der Waals surface area contributed by atoms with Crippen LogP contribution in [0.3, 0.4) is 0 Å². The van der Waals surface area contributed by atoms with Crippen molar-refractivity contribution in [1.82, 2.24) is 10.6 Å². The highest BCUT2D eigenvalue weighted by Crippen LogP contribution is 2.22. The molecule has 21 heavy (non-hydrogen) atoms. The molecule has 0 aliphatic rings. The van der Waals surface area contributed by atoms with Crippen LogP contribution < -0.4 is 10.6 Å². The Balaban J connectivity index is 2.31. The highest BCUT2D eigenvalue weighted by molar-refractivity contribution is 9.11. The lowest BCUT2D eigenvalue weighted by atomic mass is 10.4. The first-order valence-corrected chi connectivity index (χ1v) is 7.68. The molecule has 0 atom stereocenters. The average molecular weight is 375 g/mol. The number of thiophene rings is 1. The van der Waals surface area contributed by atoms with Crippen molar-refractivity contribution in [2.45, 2.75) is 19.9 Å². The van der Waals surface area contributed by atoms with Gasteiger partial charge in [0, 0.05) is 17.0 Å². The fourth-order valence-electron chi connectivity index (χ4n) is 1.21. The van der Waals surface area contributed by atoms with Crippen molar-refractivity contribution in [2.75, 3.05) is 6.61 Å². The molecule has 1 heterocycles. The van der Waals surface area contributed by atoms with Gasteiger partial charge in [-0.3, -0.25) is 10.1 Å². The molecule has 0 aliphatic carbocycles. The molecule has 114 valence electrons. The molecule has 2 N–H and O–H groups in total. The van der Waals surface area contributed by atoms with E-state index in [0.29, 0.717) is 0 Å². The second kappa shape index (κ2) is 8.58. The van der Waals surface area contributed by atoms with Gasteiger partial charge in [0.05, 0.1) is 3.79 Å². The van der Waals surface area contributed by atoms with Gasteiger partial charge in [0.2, 0.25) is 0 Å². The van der Waals surface area contributed by atoms with E-state index < -0.39 is 24.5 Å². The number of nitrogens with one attached hydrogen (secondary N) is 2. The molecule has 0 bridgehead atoms. The predicted molar refractivity (Wildman–Crippen MR) is 83.8 cm³/mol. The summed E-state index contributed by atoms with van der Waals surface area (Å²) in [5, 5.41) is 4.53. The molecule has 8 heteroatoms. The molecule has 0 unspecified atom stereocenters. The van der Waals surface area contributed by atoms with Crippen LogP contribution in [0.2, 0.25) is 0 Å². The second-order valence-corrected chi connectivity index (χ2v) is 6.75. The molecule has 0 spiro atoms. The standard InChI is InChI=1S/C13H15BrN2O4S/c1-8(2)15-13(19)16-11(17)7-20-12(18)6-4-9-3-5-10(14)21-9/h3-6,8H,7H2,1-2H3,(H2,15,16,17,19)/b6-4+. The first-order chi connectivity index (χ1) is 9.86. The predicted octanol–water partition coefficient (Wildman–Crippen LogP) is 2.30. The minimum Gasteiger partial charge on any atom is -0.452 e. The fourth-order valence-corrected chi connectivity index (χ4v) is 2.54. The molecule has 0 radical (unpaired) electrons. The van der Waals surface area contributed by atoms with Crippen LogP contribution in [0.4, 0.5) is 4.79 Å². The Morgan fingerprint density at radius 1 is 1.38 bits per heavy atom. The summed E-state index contributed by atoms with van der Waals surface area (Å²) < 4.78 is 5.66. The molecule has 0 saturated heterocycles. The zero-order valence-electron chi connectivity index (χ0n) is 11.5. The average Bonchev–Trinajstić information content (AvgIpc) is 2.78. The van der Waals surface area contributed by atoms with Crippen molar-refractivity contribution >= 4 is 51.3 Å². The maximum Gasteiger partial charge on any atom is 0.331 e. The van der Waals surface area contributed by atoms with E-state index in [4.69, 9.17) is 4.74 Å². The number of hydrogen-bond donors (Lipinski definition) is 2. The van der Waals surface area contributed by atoms with Crippen LogP contribution >= 0.6 is 27.3 Å². The van der Waals surface area contributed by atoms with Crippen LogP contribution in [0, 0.1) is 0 Å². The van der Waals surface area contributed by atoms with Crippen molar-refractivity contribution in [3.8, 4) is 0 Å². The molecule has 3 amide bonds. The Morgan fingerprint density at radius 3 is 2.67 bits per heavy atom. The van der Waals surface area contributed by atoms with Crippen LogP contribution in [-0.2, 0) is 14.3 Å². The van der Waals surface area contributed by atoms with Crippen LogP contribution in [0.1, 0.15) is 18.7 Å². The molecule has 0 aliphatic heterocycles. The van der Waals surface area contributed by atoms with E-state index in [1.54, 1.807) is 19.9 Å². The first kappa shape index (κ1) is 17.4. The Labute approximate surface area is 134 Å². The SMILES string of the molecule is CC(C)NC(=O)NC(=O)COC(=O)/C=C/c1ccc(Br)s1. The van der Waals surface area contributed by atoms with E-state index in [-0.39, 0.29) is 6.04 Å². The molecule has 1 aromatic rings.